The van der Waals surface area contributed by atoms with Gasteiger partial charge in [0.05, 0.1) is 22.5 Å². The predicted octanol–water partition coefficient (Wildman–Crippen LogP) is 4.73. The van der Waals surface area contributed by atoms with E-state index in [4.69, 9.17) is 10.2 Å². The zero-order chi connectivity index (χ0) is 23.0. The highest BCUT2D eigenvalue weighted by molar-refractivity contribution is 5.92. The molecule has 0 amide bonds. The Morgan fingerprint density at radius 2 is 1.76 bits per heavy atom. The number of aromatic nitrogens is 6. The van der Waals surface area contributed by atoms with Crippen LogP contribution >= 0.6 is 0 Å². The van der Waals surface area contributed by atoms with Gasteiger partial charge in [-0.1, -0.05) is 24.3 Å². The van der Waals surface area contributed by atoms with E-state index in [1.165, 1.54) is 35.9 Å². The van der Waals surface area contributed by atoms with Crippen LogP contribution in [0.25, 0.3) is 38.8 Å². The Morgan fingerprint density at radius 3 is 2.50 bits per heavy atom. The zero-order valence-corrected chi connectivity index (χ0v) is 19.4. The van der Waals surface area contributed by atoms with Crippen LogP contribution in [0.4, 0.5) is 0 Å². The van der Waals surface area contributed by atoms with Crippen LogP contribution in [0.2, 0.25) is 0 Å². The average Bonchev–Trinajstić information content (AvgIpc) is 3.75. The first kappa shape index (κ1) is 19.7. The van der Waals surface area contributed by atoms with Crippen LogP contribution in [-0.2, 0) is 13.6 Å². The lowest BCUT2D eigenvalue weighted by Gasteiger charge is -2.12. The molecule has 2 aliphatic carbocycles. The number of rotatable bonds is 5. The summed E-state index contributed by atoms with van der Waals surface area (Å²) in [5.41, 5.74) is 6.96. The standard InChI is InChI=1S/C27H26N6O/c1-16-25-26(32(28-16)14-17-3-4-17)24(20-9-7-19(8-10-20)18-5-6-18)27(34)33(30-25)22-11-12-23-21(13-22)15-31(2)29-23/h7-13,15,17-18H,3-6,14H2,1-2H3. The maximum Gasteiger partial charge on any atom is 0.281 e. The van der Waals surface area contributed by atoms with E-state index in [1.807, 2.05) is 43.0 Å². The highest BCUT2D eigenvalue weighted by Crippen LogP contribution is 2.41. The normalized spacial score (nSPS) is 16.1. The van der Waals surface area contributed by atoms with E-state index in [1.54, 1.807) is 4.68 Å². The Bertz CT molecular complexity index is 1630. The summed E-state index contributed by atoms with van der Waals surface area (Å²) in [6, 6.07) is 14.4. The molecule has 5 aromatic rings. The van der Waals surface area contributed by atoms with Crippen LogP contribution in [0, 0.1) is 12.8 Å². The van der Waals surface area contributed by atoms with Crippen molar-refractivity contribution in [2.75, 3.05) is 0 Å². The van der Waals surface area contributed by atoms with Crippen molar-refractivity contribution in [2.24, 2.45) is 13.0 Å². The molecule has 2 aliphatic rings. The van der Waals surface area contributed by atoms with E-state index in [-0.39, 0.29) is 5.56 Å². The molecule has 3 aromatic heterocycles. The summed E-state index contributed by atoms with van der Waals surface area (Å²) < 4.78 is 5.34. The minimum Gasteiger partial charge on any atom is -0.275 e. The molecule has 0 unspecified atom stereocenters. The number of nitrogens with zero attached hydrogens (tertiary/aromatic N) is 6. The number of hydrogen-bond donors (Lipinski definition) is 0. The van der Waals surface area contributed by atoms with Crippen molar-refractivity contribution < 1.29 is 0 Å². The molecule has 2 saturated carbocycles. The van der Waals surface area contributed by atoms with Gasteiger partial charge in [0.1, 0.15) is 11.0 Å². The molecule has 0 bridgehead atoms. The van der Waals surface area contributed by atoms with Crippen molar-refractivity contribution in [1.29, 1.82) is 0 Å². The zero-order valence-electron chi connectivity index (χ0n) is 19.4. The minimum absolute atomic E-state index is 0.119. The molecular formula is C27H26N6O. The molecule has 0 N–H and O–H groups in total. The minimum atomic E-state index is -0.119. The van der Waals surface area contributed by atoms with Crippen molar-refractivity contribution in [3.8, 4) is 16.8 Å². The predicted molar refractivity (Wildman–Crippen MR) is 132 cm³/mol. The van der Waals surface area contributed by atoms with Crippen molar-refractivity contribution in [1.82, 2.24) is 29.3 Å². The van der Waals surface area contributed by atoms with Gasteiger partial charge >= 0.3 is 0 Å². The Labute approximate surface area is 196 Å². The Balaban J connectivity index is 1.48. The molecule has 7 nitrogen and oxygen atoms in total. The maximum absolute atomic E-state index is 14.1. The highest BCUT2D eigenvalue weighted by Gasteiger charge is 2.27. The van der Waals surface area contributed by atoms with Crippen molar-refractivity contribution in [2.45, 2.75) is 45.1 Å². The molecule has 0 spiro atoms. The van der Waals surface area contributed by atoms with Crippen LogP contribution in [-0.4, -0.2) is 29.3 Å². The number of hydrogen-bond acceptors (Lipinski definition) is 4. The van der Waals surface area contributed by atoms with Crippen LogP contribution in [0.3, 0.4) is 0 Å². The summed E-state index contributed by atoms with van der Waals surface area (Å²) in [7, 11) is 1.90. The summed E-state index contributed by atoms with van der Waals surface area (Å²) in [4.78, 5) is 14.1. The molecule has 170 valence electrons. The SMILES string of the molecule is Cc1nn(CC2CC2)c2c(-c3ccc(C4CC4)cc3)c(=O)n(-c3ccc4nn(C)cc4c3)nc12. The Hall–Kier alpha value is -3.74. The van der Waals surface area contributed by atoms with E-state index in [0.29, 0.717) is 17.4 Å². The second kappa shape index (κ2) is 7.13. The number of fused-ring (bicyclic) bond motifs is 2. The topological polar surface area (TPSA) is 70.5 Å². The summed E-state index contributed by atoms with van der Waals surface area (Å²) in [6.45, 7) is 2.82. The fourth-order valence-corrected chi connectivity index (χ4v) is 5.01. The summed E-state index contributed by atoms with van der Waals surface area (Å²) in [5.74, 6) is 1.32. The Morgan fingerprint density at radius 1 is 0.971 bits per heavy atom. The monoisotopic (exact) mass is 450 g/mol. The summed E-state index contributed by atoms with van der Waals surface area (Å²) in [5, 5.41) is 15.1. The van der Waals surface area contributed by atoms with E-state index >= 15 is 0 Å². The van der Waals surface area contributed by atoms with Crippen LogP contribution in [0.15, 0.2) is 53.5 Å². The first-order valence-electron chi connectivity index (χ1n) is 12.1. The molecule has 2 aromatic carbocycles. The lowest BCUT2D eigenvalue weighted by Crippen LogP contribution is -2.24. The van der Waals surface area contributed by atoms with Crippen molar-refractivity contribution in [3.63, 3.8) is 0 Å². The van der Waals surface area contributed by atoms with Crippen LogP contribution in [0.1, 0.15) is 42.9 Å². The molecule has 0 radical (unpaired) electrons. The van der Waals surface area contributed by atoms with Crippen molar-refractivity contribution in [3.05, 3.63) is 70.3 Å². The van der Waals surface area contributed by atoms with Gasteiger partial charge in [0.25, 0.3) is 5.56 Å². The molecule has 2 fully saturated rings. The van der Waals surface area contributed by atoms with Crippen molar-refractivity contribution >= 4 is 21.9 Å². The van der Waals surface area contributed by atoms with E-state index in [0.717, 1.165) is 45.4 Å². The molecule has 7 rings (SSSR count). The third-order valence-electron chi connectivity index (χ3n) is 7.16. The average molecular weight is 451 g/mol. The lowest BCUT2D eigenvalue weighted by molar-refractivity contribution is 0.576. The van der Waals surface area contributed by atoms with E-state index in [9.17, 15) is 4.79 Å². The first-order valence-corrected chi connectivity index (χ1v) is 12.1. The van der Waals surface area contributed by atoms with Gasteiger partial charge in [-0.2, -0.15) is 20.0 Å². The lowest BCUT2D eigenvalue weighted by atomic mass is 10.0. The van der Waals surface area contributed by atoms with Gasteiger partial charge in [0.2, 0.25) is 0 Å². The largest absolute Gasteiger partial charge is 0.281 e. The fourth-order valence-electron chi connectivity index (χ4n) is 5.01. The van der Waals surface area contributed by atoms with Crippen LogP contribution < -0.4 is 5.56 Å². The van der Waals surface area contributed by atoms with E-state index in [2.05, 4.69) is 29.4 Å². The fraction of sp³-hybridized carbons (Fsp3) is 0.333. The molecular weight excluding hydrogens is 424 g/mol. The van der Waals surface area contributed by atoms with E-state index < -0.39 is 0 Å². The summed E-state index contributed by atoms with van der Waals surface area (Å²) in [6.07, 6.45) is 6.92. The third kappa shape index (κ3) is 3.18. The molecule has 0 aliphatic heterocycles. The third-order valence-corrected chi connectivity index (χ3v) is 7.16. The molecule has 7 heteroatoms. The Kier molecular flexibility index (Phi) is 4.13. The van der Waals surface area contributed by atoms with Gasteiger partial charge in [-0.25, -0.2) is 0 Å². The maximum atomic E-state index is 14.1. The first-order chi connectivity index (χ1) is 16.5. The van der Waals surface area contributed by atoms with Gasteiger partial charge in [-0.3, -0.25) is 14.2 Å². The van der Waals surface area contributed by atoms with Gasteiger partial charge in [0, 0.05) is 25.2 Å². The highest BCUT2D eigenvalue weighted by atomic mass is 16.1. The molecule has 0 saturated heterocycles. The molecule has 34 heavy (non-hydrogen) atoms. The second-order valence-electron chi connectivity index (χ2n) is 9.94. The number of aryl methyl sites for hydroxylation is 2. The number of benzene rings is 2. The van der Waals surface area contributed by atoms with Gasteiger partial charge in [0.15, 0.2) is 0 Å². The molecule has 0 atom stereocenters. The summed E-state index contributed by atoms with van der Waals surface area (Å²) >= 11 is 0. The van der Waals surface area contributed by atoms with Crippen LogP contribution in [0.5, 0.6) is 0 Å². The van der Waals surface area contributed by atoms with Gasteiger partial charge in [-0.05, 0) is 73.8 Å². The second-order valence-corrected chi connectivity index (χ2v) is 9.94. The smallest absolute Gasteiger partial charge is 0.275 e. The van der Waals surface area contributed by atoms with Gasteiger partial charge < -0.3 is 0 Å². The molecule has 3 heterocycles. The van der Waals surface area contributed by atoms with Gasteiger partial charge in [-0.15, -0.1) is 0 Å². The quantitative estimate of drug-likeness (QED) is 0.388.